The SMILES string of the molecule is CNC1=CC2=CNN(C)N2C=C1. The number of fused-ring (bicyclic) bond motifs is 1. The van der Waals surface area contributed by atoms with Gasteiger partial charge in [0.05, 0.1) is 5.70 Å². The molecule has 0 amide bonds. The summed E-state index contributed by atoms with van der Waals surface area (Å²) >= 11 is 0. The summed E-state index contributed by atoms with van der Waals surface area (Å²) in [6, 6.07) is 0. The van der Waals surface area contributed by atoms with Gasteiger partial charge in [0, 0.05) is 32.2 Å². The topological polar surface area (TPSA) is 30.5 Å². The number of hydrogen-bond donors (Lipinski definition) is 2. The van der Waals surface area contributed by atoms with Gasteiger partial charge in [0.1, 0.15) is 0 Å². The van der Waals surface area contributed by atoms with E-state index in [9.17, 15) is 0 Å². The van der Waals surface area contributed by atoms with Crippen LogP contribution < -0.4 is 10.7 Å². The Bertz CT molecular complexity index is 277. The van der Waals surface area contributed by atoms with Crippen molar-refractivity contribution in [3.05, 3.63) is 35.9 Å². The summed E-state index contributed by atoms with van der Waals surface area (Å²) in [5.41, 5.74) is 5.34. The fraction of sp³-hybridized carbons (Fsp3) is 0.250. The summed E-state index contributed by atoms with van der Waals surface area (Å²) in [5.74, 6) is 0. The molecule has 0 aromatic heterocycles. The Morgan fingerprint density at radius 1 is 1.50 bits per heavy atom. The largest absolute Gasteiger partial charge is 0.388 e. The predicted octanol–water partition coefficient (Wildman–Crippen LogP) is 0.125. The van der Waals surface area contributed by atoms with Crippen molar-refractivity contribution in [3.63, 3.8) is 0 Å². The summed E-state index contributed by atoms with van der Waals surface area (Å²) in [5, 5.41) is 7.03. The molecule has 0 bridgehead atoms. The lowest BCUT2D eigenvalue weighted by atomic mass is 10.2. The van der Waals surface area contributed by atoms with Crippen LogP contribution in [0.2, 0.25) is 0 Å². The van der Waals surface area contributed by atoms with E-state index in [-0.39, 0.29) is 0 Å². The first kappa shape index (κ1) is 7.24. The van der Waals surface area contributed by atoms with Crippen molar-refractivity contribution in [1.29, 1.82) is 0 Å². The molecule has 0 saturated heterocycles. The van der Waals surface area contributed by atoms with Crippen molar-refractivity contribution in [2.24, 2.45) is 0 Å². The number of nitrogens with zero attached hydrogens (tertiary/aromatic N) is 2. The van der Waals surface area contributed by atoms with Gasteiger partial charge in [0.2, 0.25) is 0 Å². The molecule has 0 radical (unpaired) electrons. The van der Waals surface area contributed by atoms with Crippen molar-refractivity contribution in [1.82, 2.24) is 20.9 Å². The lowest BCUT2D eigenvalue weighted by Gasteiger charge is -2.26. The number of hydrazine groups is 2. The third-order valence-corrected chi connectivity index (χ3v) is 1.97. The highest BCUT2D eigenvalue weighted by atomic mass is 15.8. The summed E-state index contributed by atoms with van der Waals surface area (Å²) in [6.45, 7) is 0. The van der Waals surface area contributed by atoms with E-state index in [1.165, 1.54) is 0 Å². The van der Waals surface area contributed by atoms with Gasteiger partial charge in [0.15, 0.2) is 0 Å². The van der Waals surface area contributed by atoms with Gasteiger partial charge < -0.3 is 10.7 Å². The first-order valence-electron chi connectivity index (χ1n) is 3.88. The Morgan fingerprint density at radius 3 is 3.08 bits per heavy atom. The van der Waals surface area contributed by atoms with Crippen LogP contribution >= 0.6 is 0 Å². The first-order chi connectivity index (χ1) is 5.81. The summed E-state index contributed by atoms with van der Waals surface area (Å²) in [7, 11) is 3.88. The molecule has 0 aliphatic carbocycles. The number of rotatable bonds is 1. The maximum Gasteiger partial charge on any atom is 0.0783 e. The number of allylic oxidation sites excluding steroid dienone is 2. The van der Waals surface area contributed by atoms with Gasteiger partial charge in [-0.3, -0.25) is 5.01 Å². The summed E-state index contributed by atoms with van der Waals surface area (Å²) in [6.07, 6.45) is 8.08. The van der Waals surface area contributed by atoms with Crippen LogP contribution in [-0.4, -0.2) is 24.2 Å². The van der Waals surface area contributed by atoms with E-state index in [0.29, 0.717) is 0 Å². The van der Waals surface area contributed by atoms with Crippen LogP contribution in [0.1, 0.15) is 0 Å². The molecule has 0 aromatic carbocycles. The van der Waals surface area contributed by atoms with E-state index in [4.69, 9.17) is 0 Å². The van der Waals surface area contributed by atoms with Gasteiger partial charge in [-0.25, -0.2) is 0 Å². The highest BCUT2D eigenvalue weighted by molar-refractivity contribution is 5.34. The highest BCUT2D eigenvalue weighted by Gasteiger charge is 2.18. The molecule has 2 N–H and O–H groups in total. The van der Waals surface area contributed by atoms with Gasteiger partial charge in [-0.15, -0.1) is 5.12 Å². The Morgan fingerprint density at radius 2 is 2.33 bits per heavy atom. The van der Waals surface area contributed by atoms with Crippen LogP contribution in [0, 0.1) is 0 Å². The molecule has 4 nitrogen and oxygen atoms in total. The van der Waals surface area contributed by atoms with E-state index in [1.54, 1.807) is 0 Å². The molecular weight excluding hydrogens is 152 g/mol. The van der Waals surface area contributed by atoms with Gasteiger partial charge in [-0.1, -0.05) is 0 Å². The van der Waals surface area contributed by atoms with E-state index in [1.807, 2.05) is 42.7 Å². The van der Waals surface area contributed by atoms with Crippen LogP contribution in [0.25, 0.3) is 0 Å². The molecule has 2 aliphatic heterocycles. The van der Waals surface area contributed by atoms with E-state index >= 15 is 0 Å². The molecule has 0 atom stereocenters. The summed E-state index contributed by atoms with van der Waals surface area (Å²) < 4.78 is 0. The molecule has 0 unspecified atom stereocenters. The molecule has 2 heterocycles. The molecule has 12 heavy (non-hydrogen) atoms. The molecular formula is C8H12N4. The standard InChI is InChI=1S/C8H12N4/c1-9-7-3-4-12-8(5-7)6-10-11(12)2/h3-6,9-10H,1-2H3. The zero-order chi connectivity index (χ0) is 8.55. The van der Waals surface area contributed by atoms with Crippen LogP contribution in [0.4, 0.5) is 0 Å². The lowest BCUT2D eigenvalue weighted by molar-refractivity contribution is 0.0784. The zero-order valence-corrected chi connectivity index (χ0v) is 7.20. The second-order valence-corrected chi connectivity index (χ2v) is 2.73. The van der Waals surface area contributed by atoms with E-state index in [0.717, 1.165) is 11.4 Å². The smallest absolute Gasteiger partial charge is 0.0783 e. The minimum atomic E-state index is 1.12. The zero-order valence-electron chi connectivity index (χ0n) is 7.20. The molecule has 64 valence electrons. The van der Waals surface area contributed by atoms with Crippen LogP contribution in [0.15, 0.2) is 35.9 Å². The van der Waals surface area contributed by atoms with Gasteiger partial charge >= 0.3 is 0 Å². The molecule has 2 rings (SSSR count). The first-order valence-corrected chi connectivity index (χ1v) is 3.88. The predicted molar refractivity (Wildman–Crippen MR) is 47.1 cm³/mol. The molecule has 4 heteroatoms. The highest BCUT2D eigenvalue weighted by Crippen LogP contribution is 2.19. The molecule has 0 spiro atoms. The van der Waals surface area contributed by atoms with Crippen molar-refractivity contribution in [2.75, 3.05) is 14.1 Å². The monoisotopic (exact) mass is 164 g/mol. The van der Waals surface area contributed by atoms with Gasteiger partial charge in [0.25, 0.3) is 0 Å². The molecule has 0 fully saturated rings. The Labute approximate surface area is 71.8 Å². The van der Waals surface area contributed by atoms with E-state index in [2.05, 4.69) is 16.8 Å². The van der Waals surface area contributed by atoms with Crippen molar-refractivity contribution >= 4 is 0 Å². The quantitative estimate of drug-likeness (QED) is 0.576. The lowest BCUT2D eigenvalue weighted by Crippen LogP contribution is -2.36. The van der Waals surface area contributed by atoms with Crippen LogP contribution in [0.5, 0.6) is 0 Å². The fourth-order valence-electron chi connectivity index (χ4n) is 1.27. The Hall–Kier alpha value is -1.42. The van der Waals surface area contributed by atoms with Crippen molar-refractivity contribution in [2.45, 2.75) is 0 Å². The van der Waals surface area contributed by atoms with Crippen LogP contribution in [0.3, 0.4) is 0 Å². The van der Waals surface area contributed by atoms with E-state index < -0.39 is 0 Å². The average molecular weight is 164 g/mol. The third-order valence-electron chi connectivity index (χ3n) is 1.97. The average Bonchev–Trinajstić information content (AvgIpc) is 2.47. The minimum absolute atomic E-state index is 1.12. The number of likely N-dealkylation sites (N-methyl/N-ethyl adjacent to an activating group) is 1. The number of nitrogens with one attached hydrogen (secondary N) is 2. The van der Waals surface area contributed by atoms with Gasteiger partial charge in [-0.05, 0) is 12.2 Å². The maximum absolute atomic E-state index is 3.09. The minimum Gasteiger partial charge on any atom is -0.388 e. The van der Waals surface area contributed by atoms with Gasteiger partial charge in [-0.2, -0.15) is 0 Å². The molecule has 0 saturated carbocycles. The third kappa shape index (κ3) is 0.967. The maximum atomic E-state index is 3.09. The second-order valence-electron chi connectivity index (χ2n) is 2.73. The van der Waals surface area contributed by atoms with Crippen molar-refractivity contribution in [3.8, 4) is 0 Å². The Balaban J connectivity index is 2.25. The van der Waals surface area contributed by atoms with Crippen molar-refractivity contribution < 1.29 is 0 Å². The van der Waals surface area contributed by atoms with Crippen LogP contribution in [-0.2, 0) is 0 Å². The fourth-order valence-corrected chi connectivity index (χ4v) is 1.27. The number of hydrogen-bond acceptors (Lipinski definition) is 4. The second kappa shape index (κ2) is 2.57. The molecule has 2 aliphatic rings. The molecule has 0 aromatic rings. The normalized spacial score (nSPS) is 21.3. The summed E-state index contributed by atoms with van der Waals surface area (Å²) in [4.78, 5) is 0. The Kier molecular flexibility index (Phi) is 1.55.